The van der Waals surface area contributed by atoms with Crippen LogP contribution in [0.1, 0.15) is 43.6 Å². The molecule has 0 spiro atoms. The molecule has 0 heterocycles. The van der Waals surface area contributed by atoms with Gasteiger partial charge in [-0.3, -0.25) is 0 Å². The molecule has 0 aliphatic heterocycles. The standard InChI is InChI=1S/C60H42/c1-5-17-37(18-6-1)41-31-32-45-51(35-41)47-28-16-29-48-57(47)52(45)36-53-54(39-21-9-3-10-22-39)59-50-34-33-44(43-26-14-13-25-42(43)38-19-7-2-8-20-38)46-27-15-30-49(56(46)50)60(59)55(58(48)53)40-23-11-4-12-24-40/h2-4,7-16,19-37H,1,5-6,17-18H2. The second kappa shape index (κ2) is 13.2. The molecule has 1 fully saturated rings. The van der Waals surface area contributed by atoms with Gasteiger partial charge in [-0.25, -0.2) is 0 Å². The molecule has 0 heteroatoms. The van der Waals surface area contributed by atoms with Gasteiger partial charge in [-0.1, -0.05) is 201 Å². The monoisotopic (exact) mass is 762 g/mol. The van der Waals surface area contributed by atoms with E-state index in [4.69, 9.17) is 0 Å². The summed E-state index contributed by atoms with van der Waals surface area (Å²) < 4.78 is 0. The summed E-state index contributed by atoms with van der Waals surface area (Å²) in [5.74, 6) is 0.665. The van der Waals surface area contributed by atoms with Gasteiger partial charge >= 0.3 is 0 Å². The van der Waals surface area contributed by atoms with E-state index in [1.54, 1.807) is 0 Å². The van der Waals surface area contributed by atoms with Crippen molar-refractivity contribution in [3.8, 4) is 44.5 Å². The van der Waals surface area contributed by atoms with Crippen LogP contribution >= 0.6 is 0 Å². The molecule has 12 aromatic rings. The fourth-order valence-electron chi connectivity index (χ4n) is 11.6. The SMILES string of the molecule is c1ccc(-c2ccccc2-c2ccc3c4c(-c5ccccc5)c5cc6c7ccc(C8CCCCC8)cc7c7cccc(c5c(-c5ccccc5)c4c4cccc2c34)c76)cc1. The van der Waals surface area contributed by atoms with Crippen molar-refractivity contribution in [2.45, 2.75) is 38.0 Å². The molecule has 1 aliphatic carbocycles. The van der Waals surface area contributed by atoms with Crippen molar-refractivity contribution < 1.29 is 0 Å². The van der Waals surface area contributed by atoms with Gasteiger partial charge in [-0.05, 0) is 150 Å². The third kappa shape index (κ3) is 4.85. The maximum Gasteiger partial charge on any atom is -0.000719 e. The van der Waals surface area contributed by atoms with Crippen molar-refractivity contribution in [2.24, 2.45) is 0 Å². The van der Waals surface area contributed by atoms with Crippen LogP contribution in [0.2, 0.25) is 0 Å². The highest BCUT2D eigenvalue weighted by Crippen LogP contribution is 2.55. The van der Waals surface area contributed by atoms with Gasteiger partial charge in [-0.15, -0.1) is 0 Å². The van der Waals surface area contributed by atoms with Crippen molar-refractivity contribution >= 4 is 75.4 Å². The summed E-state index contributed by atoms with van der Waals surface area (Å²) in [6.07, 6.45) is 6.68. The average molecular weight is 763 g/mol. The lowest BCUT2D eigenvalue weighted by Crippen LogP contribution is -2.03. The third-order valence-electron chi connectivity index (χ3n) is 14.1. The summed E-state index contributed by atoms with van der Waals surface area (Å²) in [6.45, 7) is 0. The topological polar surface area (TPSA) is 0 Å². The highest BCUT2D eigenvalue weighted by atomic mass is 14.3. The van der Waals surface area contributed by atoms with Crippen molar-refractivity contribution in [2.75, 3.05) is 0 Å². The van der Waals surface area contributed by atoms with E-state index in [2.05, 4.69) is 188 Å². The molecule has 0 radical (unpaired) electrons. The summed E-state index contributed by atoms with van der Waals surface area (Å²) in [6, 6.07) is 71.2. The lowest BCUT2D eigenvalue weighted by atomic mass is 9.83. The average Bonchev–Trinajstić information content (AvgIpc) is 3.83. The van der Waals surface area contributed by atoms with Crippen LogP contribution in [0.3, 0.4) is 0 Å². The number of benzene rings is 10. The van der Waals surface area contributed by atoms with Crippen LogP contribution in [0.25, 0.3) is 120 Å². The number of fused-ring (bicyclic) bond motifs is 8. The Morgan fingerprint density at radius 1 is 0.267 bits per heavy atom. The van der Waals surface area contributed by atoms with Crippen LogP contribution in [-0.2, 0) is 0 Å². The molecular weight excluding hydrogens is 721 g/mol. The van der Waals surface area contributed by atoms with Crippen molar-refractivity contribution in [3.63, 3.8) is 0 Å². The van der Waals surface area contributed by atoms with Crippen molar-refractivity contribution in [3.05, 3.63) is 194 Å². The van der Waals surface area contributed by atoms with Gasteiger partial charge < -0.3 is 0 Å². The van der Waals surface area contributed by atoms with E-state index in [0.717, 1.165) is 0 Å². The molecule has 0 unspecified atom stereocenters. The van der Waals surface area contributed by atoms with Gasteiger partial charge in [-0.2, -0.15) is 0 Å². The number of hydrogen-bond acceptors (Lipinski definition) is 0. The molecule has 0 atom stereocenters. The minimum Gasteiger partial charge on any atom is -0.0622 e. The smallest absolute Gasteiger partial charge is 0.000719 e. The predicted molar refractivity (Wildman–Crippen MR) is 259 cm³/mol. The second-order valence-corrected chi connectivity index (χ2v) is 17.2. The van der Waals surface area contributed by atoms with E-state index in [9.17, 15) is 0 Å². The van der Waals surface area contributed by atoms with Crippen LogP contribution in [-0.4, -0.2) is 0 Å². The van der Waals surface area contributed by atoms with Gasteiger partial charge in [0.15, 0.2) is 0 Å². The predicted octanol–water partition coefficient (Wildman–Crippen LogP) is 17.4. The second-order valence-electron chi connectivity index (χ2n) is 17.2. The molecule has 0 saturated heterocycles. The molecule has 13 rings (SSSR count). The van der Waals surface area contributed by atoms with Crippen molar-refractivity contribution in [1.82, 2.24) is 0 Å². The fourth-order valence-corrected chi connectivity index (χ4v) is 11.6. The van der Waals surface area contributed by atoms with Gasteiger partial charge in [0.2, 0.25) is 0 Å². The van der Waals surface area contributed by atoms with Crippen LogP contribution in [0.5, 0.6) is 0 Å². The van der Waals surface area contributed by atoms with Crippen LogP contribution in [0.4, 0.5) is 0 Å². The van der Waals surface area contributed by atoms with Gasteiger partial charge in [0.25, 0.3) is 0 Å². The molecule has 12 aromatic carbocycles. The zero-order valence-electron chi connectivity index (χ0n) is 33.5. The van der Waals surface area contributed by atoms with E-state index in [1.165, 1.54) is 158 Å². The third-order valence-corrected chi connectivity index (χ3v) is 14.1. The Kier molecular flexibility index (Phi) is 7.49. The Labute approximate surface area is 350 Å². The normalized spacial score (nSPS) is 13.9. The summed E-state index contributed by atoms with van der Waals surface area (Å²) >= 11 is 0. The molecule has 0 aromatic heterocycles. The maximum atomic E-state index is 2.58. The Morgan fingerprint density at radius 3 is 1.55 bits per heavy atom. The molecular formula is C60H42. The lowest BCUT2D eigenvalue weighted by Gasteiger charge is -2.22. The van der Waals surface area contributed by atoms with E-state index >= 15 is 0 Å². The number of hydrogen-bond donors (Lipinski definition) is 0. The highest BCUT2D eigenvalue weighted by Gasteiger charge is 2.27. The molecule has 282 valence electrons. The largest absolute Gasteiger partial charge is 0.0622 e. The van der Waals surface area contributed by atoms with E-state index in [-0.39, 0.29) is 0 Å². The van der Waals surface area contributed by atoms with E-state index < -0.39 is 0 Å². The Hall–Kier alpha value is -7.02. The first-order valence-corrected chi connectivity index (χ1v) is 21.9. The summed E-state index contributed by atoms with van der Waals surface area (Å²) in [5, 5.41) is 18.9. The fraction of sp³-hybridized carbons (Fsp3) is 0.100. The Morgan fingerprint density at radius 2 is 0.817 bits per heavy atom. The molecule has 0 nitrogen and oxygen atoms in total. The van der Waals surface area contributed by atoms with Crippen molar-refractivity contribution in [1.29, 1.82) is 0 Å². The minimum absolute atomic E-state index is 0.665. The minimum atomic E-state index is 0.665. The Balaban J connectivity index is 1.22. The maximum absolute atomic E-state index is 2.58. The number of rotatable bonds is 5. The lowest BCUT2D eigenvalue weighted by molar-refractivity contribution is 0.444. The van der Waals surface area contributed by atoms with Gasteiger partial charge in [0.1, 0.15) is 0 Å². The quantitative estimate of drug-likeness (QED) is 0.153. The van der Waals surface area contributed by atoms with E-state index in [1.807, 2.05) is 0 Å². The summed E-state index contributed by atoms with van der Waals surface area (Å²) in [7, 11) is 0. The summed E-state index contributed by atoms with van der Waals surface area (Å²) in [5.41, 5.74) is 11.7. The van der Waals surface area contributed by atoms with Gasteiger partial charge in [0, 0.05) is 0 Å². The first-order chi connectivity index (χ1) is 29.8. The molecule has 0 amide bonds. The van der Waals surface area contributed by atoms with Crippen LogP contribution in [0.15, 0.2) is 188 Å². The van der Waals surface area contributed by atoms with Gasteiger partial charge in [0.05, 0.1) is 0 Å². The van der Waals surface area contributed by atoms with E-state index in [0.29, 0.717) is 5.92 Å². The first kappa shape index (κ1) is 33.9. The molecule has 1 saturated carbocycles. The highest BCUT2D eigenvalue weighted by molar-refractivity contribution is 6.45. The molecule has 1 aliphatic rings. The molecule has 0 bridgehead atoms. The van der Waals surface area contributed by atoms with Crippen LogP contribution < -0.4 is 0 Å². The molecule has 60 heavy (non-hydrogen) atoms. The van der Waals surface area contributed by atoms with Crippen LogP contribution in [0, 0.1) is 0 Å². The Bertz CT molecular complexity index is 3590. The first-order valence-electron chi connectivity index (χ1n) is 21.9. The zero-order valence-corrected chi connectivity index (χ0v) is 33.5. The zero-order chi connectivity index (χ0) is 39.3. The summed E-state index contributed by atoms with van der Waals surface area (Å²) in [4.78, 5) is 0. The molecule has 0 N–H and O–H groups in total.